The van der Waals surface area contributed by atoms with Crippen LogP contribution in [0.2, 0.25) is 0 Å². The summed E-state index contributed by atoms with van der Waals surface area (Å²) in [6.07, 6.45) is 2.93. The van der Waals surface area contributed by atoms with E-state index < -0.39 is 11.6 Å². The molecule has 0 bridgehead atoms. The summed E-state index contributed by atoms with van der Waals surface area (Å²) in [5, 5.41) is 3.59. The van der Waals surface area contributed by atoms with Gasteiger partial charge in [-0.15, -0.1) is 0 Å². The zero-order chi connectivity index (χ0) is 14.8. The van der Waals surface area contributed by atoms with Crippen LogP contribution in [0.25, 0.3) is 0 Å². The van der Waals surface area contributed by atoms with Crippen LogP contribution in [0.5, 0.6) is 0 Å². The Labute approximate surface area is 127 Å². The standard InChI is InChI=1S/C15H21BrF2N2/c1-3-15(4-2)10-20(7-5-6-19-15)14-8-11(16)12(17)9-13(14)18/h8-9,19H,3-7,10H2,1-2H3. The molecule has 1 heterocycles. The number of nitrogens with one attached hydrogen (secondary N) is 1. The van der Waals surface area contributed by atoms with Gasteiger partial charge in [0.2, 0.25) is 0 Å². The lowest BCUT2D eigenvalue weighted by Crippen LogP contribution is -2.50. The Morgan fingerprint density at radius 3 is 2.60 bits per heavy atom. The Hall–Kier alpha value is -0.680. The van der Waals surface area contributed by atoms with Gasteiger partial charge in [-0.3, -0.25) is 0 Å². The minimum Gasteiger partial charge on any atom is -0.367 e. The van der Waals surface area contributed by atoms with E-state index in [-0.39, 0.29) is 5.54 Å². The topological polar surface area (TPSA) is 15.3 Å². The first-order chi connectivity index (χ1) is 9.51. The molecule has 0 aliphatic carbocycles. The zero-order valence-electron chi connectivity index (χ0n) is 12.0. The third-order valence-electron chi connectivity index (χ3n) is 4.28. The largest absolute Gasteiger partial charge is 0.367 e. The van der Waals surface area contributed by atoms with Crippen LogP contribution in [0.15, 0.2) is 16.6 Å². The van der Waals surface area contributed by atoms with Crippen molar-refractivity contribution in [3.63, 3.8) is 0 Å². The van der Waals surface area contributed by atoms with Crippen molar-refractivity contribution < 1.29 is 8.78 Å². The van der Waals surface area contributed by atoms with Crippen molar-refractivity contribution in [2.24, 2.45) is 0 Å². The van der Waals surface area contributed by atoms with Crippen molar-refractivity contribution in [1.82, 2.24) is 5.32 Å². The molecule has 1 aliphatic rings. The van der Waals surface area contributed by atoms with Crippen LogP contribution in [-0.4, -0.2) is 25.2 Å². The molecule has 1 saturated heterocycles. The first-order valence-corrected chi connectivity index (χ1v) is 7.95. The molecule has 1 aromatic rings. The maximum atomic E-state index is 14.1. The lowest BCUT2D eigenvalue weighted by atomic mass is 9.92. The second kappa shape index (κ2) is 6.39. The number of benzene rings is 1. The van der Waals surface area contributed by atoms with Gasteiger partial charge in [-0.2, -0.15) is 0 Å². The Morgan fingerprint density at radius 1 is 1.25 bits per heavy atom. The SMILES string of the molecule is CCC1(CC)CN(c2cc(Br)c(F)cc2F)CCCN1. The molecule has 1 fully saturated rings. The number of nitrogens with zero attached hydrogens (tertiary/aromatic N) is 1. The average Bonchev–Trinajstić information content (AvgIpc) is 2.66. The molecule has 5 heteroatoms. The molecule has 112 valence electrons. The predicted molar refractivity (Wildman–Crippen MR) is 82.2 cm³/mol. The minimum atomic E-state index is -0.559. The summed E-state index contributed by atoms with van der Waals surface area (Å²) in [5.41, 5.74) is 0.484. The summed E-state index contributed by atoms with van der Waals surface area (Å²) >= 11 is 3.15. The Kier molecular flexibility index (Phi) is 5.02. The van der Waals surface area contributed by atoms with E-state index in [4.69, 9.17) is 0 Å². The molecular weight excluding hydrogens is 326 g/mol. The van der Waals surface area contributed by atoms with Gasteiger partial charge >= 0.3 is 0 Å². The van der Waals surface area contributed by atoms with E-state index in [2.05, 4.69) is 35.1 Å². The van der Waals surface area contributed by atoms with Gasteiger partial charge in [-0.05, 0) is 47.8 Å². The molecule has 0 amide bonds. The van der Waals surface area contributed by atoms with Gasteiger partial charge in [0.25, 0.3) is 0 Å². The molecule has 0 radical (unpaired) electrons. The van der Waals surface area contributed by atoms with Gasteiger partial charge in [0.05, 0.1) is 10.2 Å². The quantitative estimate of drug-likeness (QED) is 0.829. The number of rotatable bonds is 3. The fourth-order valence-corrected chi connectivity index (χ4v) is 3.14. The third kappa shape index (κ3) is 3.14. The van der Waals surface area contributed by atoms with Crippen LogP contribution in [-0.2, 0) is 0 Å². The van der Waals surface area contributed by atoms with Crippen LogP contribution in [0.3, 0.4) is 0 Å². The highest BCUT2D eigenvalue weighted by atomic mass is 79.9. The first-order valence-electron chi connectivity index (χ1n) is 7.16. The fraction of sp³-hybridized carbons (Fsp3) is 0.600. The van der Waals surface area contributed by atoms with E-state index in [1.54, 1.807) is 6.07 Å². The van der Waals surface area contributed by atoms with Crippen LogP contribution >= 0.6 is 15.9 Å². The zero-order valence-corrected chi connectivity index (χ0v) is 13.6. The monoisotopic (exact) mass is 346 g/mol. The van der Waals surface area contributed by atoms with Crippen molar-refractivity contribution >= 4 is 21.6 Å². The van der Waals surface area contributed by atoms with Gasteiger partial charge < -0.3 is 10.2 Å². The predicted octanol–water partition coefficient (Wildman–Crippen LogP) is 4.09. The molecule has 0 atom stereocenters. The van der Waals surface area contributed by atoms with E-state index >= 15 is 0 Å². The Bertz CT molecular complexity index is 475. The highest BCUT2D eigenvalue weighted by Gasteiger charge is 2.31. The summed E-state index contributed by atoms with van der Waals surface area (Å²) in [6, 6.07) is 2.50. The molecule has 1 aliphatic heterocycles. The number of hydrogen-bond acceptors (Lipinski definition) is 2. The van der Waals surface area contributed by atoms with E-state index in [0.29, 0.717) is 10.2 Å². The Balaban J connectivity index is 2.33. The van der Waals surface area contributed by atoms with Crippen LogP contribution < -0.4 is 10.2 Å². The smallest absolute Gasteiger partial charge is 0.149 e. The highest BCUT2D eigenvalue weighted by Crippen LogP contribution is 2.30. The molecular formula is C15H21BrF2N2. The molecule has 0 unspecified atom stereocenters. The van der Waals surface area contributed by atoms with E-state index in [0.717, 1.165) is 45.0 Å². The van der Waals surface area contributed by atoms with E-state index in [1.165, 1.54) is 0 Å². The van der Waals surface area contributed by atoms with Crippen molar-refractivity contribution in [1.29, 1.82) is 0 Å². The fourth-order valence-electron chi connectivity index (χ4n) is 2.81. The van der Waals surface area contributed by atoms with Gasteiger partial charge in [0, 0.05) is 24.7 Å². The molecule has 2 rings (SSSR count). The second-order valence-corrected chi connectivity index (χ2v) is 6.26. The molecule has 20 heavy (non-hydrogen) atoms. The van der Waals surface area contributed by atoms with Crippen LogP contribution in [0, 0.1) is 11.6 Å². The number of anilines is 1. The number of halogens is 3. The lowest BCUT2D eigenvalue weighted by Gasteiger charge is -2.36. The van der Waals surface area contributed by atoms with Crippen molar-refractivity contribution in [2.75, 3.05) is 24.5 Å². The summed E-state index contributed by atoms with van der Waals surface area (Å²) in [5.74, 6) is -1.05. The van der Waals surface area contributed by atoms with Gasteiger partial charge in [-0.25, -0.2) is 8.78 Å². The minimum absolute atomic E-state index is 0.00377. The summed E-state index contributed by atoms with van der Waals surface area (Å²) in [7, 11) is 0. The molecule has 0 saturated carbocycles. The lowest BCUT2D eigenvalue weighted by molar-refractivity contribution is 0.321. The third-order valence-corrected chi connectivity index (χ3v) is 4.89. The van der Waals surface area contributed by atoms with Gasteiger partial charge in [0.15, 0.2) is 0 Å². The second-order valence-electron chi connectivity index (χ2n) is 5.41. The summed E-state index contributed by atoms with van der Waals surface area (Å²) in [4.78, 5) is 2.03. The summed E-state index contributed by atoms with van der Waals surface area (Å²) < 4.78 is 27.8. The van der Waals surface area contributed by atoms with E-state index in [9.17, 15) is 8.78 Å². The van der Waals surface area contributed by atoms with Crippen molar-refractivity contribution in [2.45, 2.75) is 38.6 Å². The molecule has 0 spiro atoms. The van der Waals surface area contributed by atoms with Gasteiger partial charge in [-0.1, -0.05) is 13.8 Å². The van der Waals surface area contributed by atoms with Crippen molar-refractivity contribution in [3.05, 3.63) is 28.2 Å². The average molecular weight is 347 g/mol. The molecule has 1 N–H and O–H groups in total. The van der Waals surface area contributed by atoms with Crippen LogP contribution in [0.1, 0.15) is 33.1 Å². The molecule has 1 aromatic carbocycles. The van der Waals surface area contributed by atoms with Crippen molar-refractivity contribution in [3.8, 4) is 0 Å². The maximum Gasteiger partial charge on any atom is 0.149 e. The number of hydrogen-bond donors (Lipinski definition) is 1. The Morgan fingerprint density at radius 2 is 1.95 bits per heavy atom. The highest BCUT2D eigenvalue weighted by molar-refractivity contribution is 9.10. The molecule has 0 aromatic heterocycles. The normalized spacial score (nSPS) is 18.9. The maximum absolute atomic E-state index is 14.1. The first kappa shape index (κ1) is 15.7. The van der Waals surface area contributed by atoms with Gasteiger partial charge in [0.1, 0.15) is 11.6 Å². The van der Waals surface area contributed by atoms with Crippen LogP contribution in [0.4, 0.5) is 14.5 Å². The van der Waals surface area contributed by atoms with E-state index in [1.807, 2.05) is 4.90 Å². The summed E-state index contributed by atoms with van der Waals surface area (Å²) in [6.45, 7) is 6.76. The molecule has 2 nitrogen and oxygen atoms in total.